The van der Waals surface area contributed by atoms with Gasteiger partial charge in [0.1, 0.15) is 5.82 Å². The van der Waals surface area contributed by atoms with E-state index < -0.39 is 5.82 Å². The minimum atomic E-state index is -0.417. The third-order valence-corrected chi connectivity index (χ3v) is 5.20. The molecule has 1 atom stereocenters. The summed E-state index contributed by atoms with van der Waals surface area (Å²) in [5.41, 5.74) is 1.40. The van der Waals surface area contributed by atoms with Crippen molar-refractivity contribution in [3.05, 3.63) is 43.6 Å². The largest absolute Gasteiger partial charge is 0.306 e. The van der Waals surface area contributed by atoms with Crippen molar-refractivity contribution in [2.45, 2.75) is 32.7 Å². The summed E-state index contributed by atoms with van der Waals surface area (Å²) >= 11 is 10.5. The monoisotopic (exact) mass is 391 g/mol. The van der Waals surface area contributed by atoms with Crippen LogP contribution in [0.4, 0.5) is 4.39 Å². The van der Waals surface area contributed by atoms with Crippen molar-refractivity contribution in [2.75, 3.05) is 6.54 Å². The Labute approximate surface area is 141 Å². The zero-order valence-electron chi connectivity index (χ0n) is 12.0. The van der Waals surface area contributed by atoms with E-state index in [9.17, 15) is 4.39 Å². The predicted octanol–water partition coefficient (Wildman–Crippen LogP) is 4.92. The van der Waals surface area contributed by atoms with Gasteiger partial charge in [0.15, 0.2) is 0 Å². The molecule has 0 aliphatic carbocycles. The van der Waals surface area contributed by atoms with Crippen molar-refractivity contribution in [3.63, 3.8) is 0 Å². The van der Waals surface area contributed by atoms with Gasteiger partial charge in [-0.2, -0.15) is 0 Å². The van der Waals surface area contributed by atoms with E-state index in [0.29, 0.717) is 16.6 Å². The van der Waals surface area contributed by atoms with Crippen molar-refractivity contribution in [1.82, 2.24) is 14.9 Å². The quantitative estimate of drug-likeness (QED) is 0.734. The van der Waals surface area contributed by atoms with Crippen molar-refractivity contribution in [1.29, 1.82) is 0 Å². The van der Waals surface area contributed by atoms with E-state index in [2.05, 4.69) is 30.8 Å². The van der Waals surface area contributed by atoms with Gasteiger partial charge in [0.2, 0.25) is 0 Å². The lowest BCUT2D eigenvalue weighted by Gasteiger charge is -2.20. The third kappa shape index (κ3) is 3.44. The third-order valence-electron chi connectivity index (χ3n) is 3.13. The van der Waals surface area contributed by atoms with Crippen LogP contribution in [0, 0.1) is 5.82 Å². The zero-order chi connectivity index (χ0) is 15.6. The molecule has 2 aromatic rings. The van der Waals surface area contributed by atoms with Crippen LogP contribution in [0.5, 0.6) is 0 Å². The summed E-state index contributed by atoms with van der Waals surface area (Å²) < 4.78 is 19.1. The second kappa shape index (κ2) is 7.13. The van der Waals surface area contributed by atoms with E-state index in [1.807, 2.05) is 20.8 Å². The second-order valence-electron chi connectivity index (χ2n) is 4.93. The van der Waals surface area contributed by atoms with Gasteiger partial charge in [0.25, 0.3) is 0 Å². The maximum absolute atomic E-state index is 14.5. The van der Waals surface area contributed by atoms with Crippen LogP contribution in [-0.2, 0) is 0 Å². The van der Waals surface area contributed by atoms with E-state index in [0.717, 1.165) is 10.6 Å². The number of hydrogen-bond donors (Lipinski definition) is 1. The summed E-state index contributed by atoms with van der Waals surface area (Å²) in [4.78, 5) is 0.934. The highest BCUT2D eigenvalue weighted by Crippen LogP contribution is 2.36. The molecule has 1 heterocycles. The number of nitrogens with one attached hydrogen (secondary N) is 1. The number of hydrogen-bond acceptors (Lipinski definition) is 4. The number of aromatic nitrogens is 2. The summed E-state index contributed by atoms with van der Waals surface area (Å²) in [5, 5.41) is 7.57. The lowest BCUT2D eigenvalue weighted by atomic mass is 9.99. The predicted molar refractivity (Wildman–Crippen MR) is 88.6 cm³/mol. The molecule has 0 radical (unpaired) electrons. The number of nitrogens with zero attached hydrogens (tertiary/aromatic N) is 2. The minimum Gasteiger partial charge on any atom is -0.306 e. The van der Waals surface area contributed by atoms with Crippen LogP contribution in [0.3, 0.4) is 0 Å². The topological polar surface area (TPSA) is 37.8 Å². The van der Waals surface area contributed by atoms with Gasteiger partial charge in [-0.3, -0.25) is 0 Å². The number of halogens is 3. The summed E-state index contributed by atoms with van der Waals surface area (Å²) in [6.07, 6.45) is 0. The standard InChI is InChI=1S/C14H16BrClFN3S/c1-4-18-13(14-12(7(2)3)19-20-21-14)8-5-6-9(15)10(16)11(8)17/h5-7,13,18H,4H2,1-3H3. The molecule has 0 aliphatic rings. The maximum Gasteiger partial charge on any atom is 0.148 e. The van der Waals surface area contributed by atoms with E-state index >= 15 is 0 Å². The van der Waals surface area contributed by atoms with Crippen LogP contribution < -0.4 is 5.32 Å². The Kier molecular flexibility index (Phi) is 5.71. The molecule has 0 fully saturated rings. The summed E-state index contributed by atoms with van der Waals surface area (Å²) in [5.74, 6) is -0.186. The minimum absolute atomic E-state index is 0.0963. The Bertz CT molecular complexity index is 633. The molecule has 7 heteroatoms. The summed E-state index contributed by atoms with van der Waals surface area (Å²) in [6.45, 7) is 6.78. The Balaban J connectivity index is 2.54. The van der Waals surface area contributed by atoms with Crippen LogP contribution in [0.2, 0.25) is 5.02 Å². The first-order valence-corrected chi connectivity index (χ1v) is 8.60. The highest BCUT2D eigenvalue weighted by molar-refractivity contribution is 9.10. The zero-order valence-corrected chi connectivity index (χ0v) is 15.1. The van der Waals surface area contributed by atoms with Crippen LogP contribution >= 0.6 is 39.1 Å². The first-order valence-electron chi connectivity index (χ1n) is 6.66. The highest BCUT2D eigenvalue weighted by Gasteiger charge is 2.26. The first-order chi connectivity index (χ1) is 9.97. The number of rotatable bonds is 5. The van der Waals surface area contributed by atoms with E-state index in [1.165, 1.54) is 11.5 Å². The molecule has 0 spiro atoms. The van der Waals surface area contributed by atoms with Gasteiger partial charge in [-0.25, -0.2) is 4.39 Å². The maximum atomic E-state index is 14.5. The molecule has 1 N–H and O–H groups in total. The fourth-order valence-corrected chi connectivity index (χ4v) is 3.50. The van der Waals surface area contributed by atoms with Gasteiger partial charge in [-0.15, -0.1) is 5.10 Å². The van der Waals surface area contributed by atoms with Crippen LogP contribution in [0.25, 0.3) is 0 Å². The molecular weight excluding hydrogens is 377 g/mol. The van der Waals surface area contributed by atoms with Crippen molar-refractivity contribution in [2.24, 2.45) is 0 Å². The number of benzene rings is 1. The van der Waals surface area contributed by atoms with E-state index in [4.69, 9.17) is 11.6 Å². The van der Waals surface area contributed by atoms with Gasteiger partial charge < -0.3 is 5.32 Å². The smallest absolute Gasteiger partial charge is 0.148 e. The Morgan fingerprint density at radius 3 is 2.76 bits per heavy atom. The van der Waals surface area contributed by atoms with Crippen molar-refractivity contribution < 1.29 is 4.39 Å². The molecule has 2 rings (SSSR count). The molecule has 0 saturated carbocycles. The lowest BCUT2D eigenvalue weighted by molar-refractivity contribution is 0.558. The molecule has 0 saturated heterocycles. The molecule has 1 aromatic heterocycles. The summed E-state index contributed by atoms with van der Waals surface area (Å²) in [7, 11) is 0. The Morgan fingerprint density at radius 2 is 2.14 bits per heavy atom. The fourth-order valence-electron chi connectivity index (χ4n) is 2.12. The van der Waals surface area contributed by atoms with Gasteiger partial charge >= 0.3 is 0 Å². The molecule has 21 heavy (non-hydrogen) atoms. The highest BCUT2D eigenvalue weighted by atomic mass is 79.9. The summed E-state index contributed by atoms with van der Waals surface area (Å²) in [6, 6.07) is 3.20. The molecule has 1 aromatic carbocycles. The molecule has 0 aliphatic heterocycles. The fraction of sp³-hybridized carbons (Fsp3) is 0.429. The Morgan fingerprint density at radius 1 is 1.43 bits per heavy atom. The Hall–Kier alpha value is -0.560. The molecule has 0 amide bonds. The average Bonchev–Trinajstić information content (AvgIpc) is 2.92. The van der Waals surface area contributed by atoms with Gasteiger partial charge in [0.05, 0.1) is 21.6 Å². The molecular formula is C14H16BrClFN3S. The molecule has 1 unspecified atom stereocenters. The molecule has 3 nitrogen and oxygen atoms in total. The van der Waals surface area contributed by atoms with Crippen LogP contribution in [-0.4, -0.2) is 16.1 Å². The van der Waals surface area contributed by atoms with Gasteiger partial charge in [-0.05, 0) is 46.0 Å². The van der Waals surface area contributed by atoms with Gasteiger partial charge in [-0.1, -0.05) is 42.9 Å². The molecule has 114 valence electrons. The second-order valence-corrected chi connectivity index (χ2v) is 6.95. The van der Waals surface area contributed by atoms with Crippen molar-refractivity contribution >= 4 is 39.1 Å². The average molecular weight is 393 g/mol. The van der Waals surface area contributed by atoms with Crippen LogP contribution in [0.15, 0.2) is 16.6 Å². The SMILES string of the molecule is CCNC(c1ccc(Br)c(Cl)c1F)c1snnc1C(C)C. The molecule has 0 bridgehead atoms. The first kappa shape index (κ1) is 16.8. The lowest BCUT2D eigenvalue weighted by Crippen LogP contribution is -2.23. The van der Waals surface area contributed by atoms with Crippen molar-refractivity contribution in [3.8, 4) is 0 Å². The van der Waals surface area contributed by atoms with E-state index in [1.54, 1.807) is 12.1 Å². The van der Waals surface area contributed by atoms with Gasteiger partial charge in [0, 0.05) is 10.0 Å². The van der Waals surface area contributed by atoms with Crippen LogP contribution in [0.1, 0.15) is 48.9 Å². The van der Waals surface area contributed by atoms with E-state index in [-0.39, 0.29) is 17.0 Å². The normalized spacial score (nSPS) is 12.9.